The fourth-order valence-corrected chi connectivity index (χ4v) is 3.57. The van der Waals surface area contributed by atoms with Gasteiger partial charge in [0, 0.05) is 11.5 Å². The Morgan fingerprint density at radius 1 is 1.20 bits per heavy atom. The fraction of sp³-hybridized carbons (Fsp3) is 0.647. The van der Waals surface area contributed by atoms with Crippen LogP contribution in [0.4, 0.5) is 0 Å². The molecule has 1 fully saturated rings. The van der Waals surface area contributed by atoms with Crippen LogP contribution in [-0.4, -0.2) is 23.9 Å². The third-order valence-electron chi connectivity index (χ3n) is 4.49. The van der Waals surface area contributed by atoms with Crippen molar-refractivity contribution in [3.05, 3.63) is 29.8 Å². The van der Waals surface area contributed by atoms with Crippen molar-refractivity contribution >= 4 is 0 Å². The van der Waals surface area contributed by atoms with E-state index in [2.05, 4.69) is 26.0 Å². The predicted octanol–water partition coefficient (Wildman–Crippen LogP) is 3.07. The number of aliphatic hydroxyl groups excluding tert-OH is 1. The van der Waals surface area contributed by atoms with Crippen LogP contribution >= 0.6 is 0 Å². The van der Waals surface area contributed by atoms with Crippen molar-refractivity contribution in [3.63, 3.8) is 0 Å². The number of hydrogen-bond acceptors (Lipinski definition) is 3. The molecule has 1 saturated carbocycles. The second-order valence-electron chi connectivity index (χ2n) is 6.59. The van der Waals surface area contributed by atoms with Crippen LogP contribution in [0.15, 0.2) is 24.3 Å². The average Bonchev–Trinajstić information content (AvgIpc) is 2.41. The Morgan fingerprint density at radius 3 is 2.30 bits per heavy atom. The van der Waals surface area contributed by atoms with E-state index in [9.17, 15) is 5.11 Å². The molecule has 2 rings (SSSR count). The Kier molecular flexibility index (Phi) is 4.71. The predicted molar refractivity (Wildman–Crippen MR) is 82.0 cm³/mol. The Balaban J connectivity index is 2.31. The minimum absolute atomic E-state index is 0.170. The molecule has 112 valence electrons. The van der Waals surface area contributed by atoms with Crippen LogP contribution in [0, 0.1) is 5.92 Å². The van der Waals surface area contributed by atoms with Crippen LogP contribution in [0.2, 0.25) is 0 Å². The minimum Gasteiger partial charge on any atom is -0.497 e. The zero-order valence-corrected chi connectivity index (χ0v) is 12.8. The number of aliphatic hydroxyl groups is 1. The molecule has 0 bridgehead atoms. The van der Waals surface area contributed by atoms with E-state index in [0.717, 1.165) is 25.0 Å². The lowest BCUT2D eigenvalue weighted by molar-refractivity contribution is 0.0409. The summed E-state index contributed by atoms with van der Waals surface area (Å²) < 4.78 is 5.22. The van der Waals surface area contributed by atoms with E-state index in [0.29, 0.717) is 0 Å². The lowest BCUT2D eigenvalue weighted by atomic mass is 9.68. The Labute approximate surface area is 122 Å². The van der Waals surface area contributed by atoms with E-state index in [1.54, 1.807) is 7.11 Å². The molecule has 1 aliphatic carbocycles. The molecule has 0 aliphatic heterocycles. The molecule has 3 unspecified atom stereocenters. The van der Waals surface area contributed by atoms with Crippen molar-refractivity contribution < 1.29 is 9.84 Å². The van der Waals surface area contributed by atoms with Gasteiger partial charge in [-0.25, -0.2) is 0 Å². The molecule has 3 heteroatoms. The molecule has 3 atom stereocenters. The molecule has 20 heavy (non-hydrogen) atoms. The zero-order chi connectivity index (χ0) is 14.8. The molecule has 0 saturated heterocycles. The van der Waals surface area contributed by atoms with Crippen molar-refractivity contribution in [1.29, 1.82) is 0 Å². The summed E-state index contributed by atoms with van der Waals surface area (Å²) in [6, 6.07) is 8.12. The highest BCUT2D eigenvalue weighted by molar-refractivity contribution is 5.32. The summed E-state index contributed by atoms with van der Waals surface area (Å²) in [5.41, 5.74) is 7.28. The number of rotatable bonds is 4. The van der Waals surface area contributed by atoms with Gasteiger partial charge >= 0.3 is 0 Å². The van der Waals surface area contributed by atoms with Gasteiger partial charge in [-0.2, -0.15) is 0 Å². The molecular formula is C17H27NO2. The summed E-state index contributed by atoms with van der Waals surface area (Å²) in [5.74, 6) is 1.27. The smallest absolute Gasteiger partial charge is 0.118 e. The van der Waals surface area contributed by atoms with Gasteiger partial charge in [0.1, 0.15) is 5.75 Å². The van der Waals surface area contributed by atoms with Crippen LogP contribution in [0.25, 0.3) is 0 Å². The van der Waals surface area contributed by atoms with Crippen molar-refractivity contribution in [2.75, 3.05) is 7.11 Å². The molecule has 0 heterocycles. The summed E-state index contributed by atoms with van der Waals surface area (Å²) in [5, 5.41) is 10.4. The van der Waals surface area contributed by atoms with Gasteiger partial charge in [0.05, 0.1) is 13.2 Å². The highest BCUT2D eigenvalue weighted by Gasteiger charge is 2.38. The van der Waals surface area contributed by atoms with Crippen LogP contribution < -0.4 is 10.5 Å². The third kappa shape index (κ3) is 3.33. The molecule has 1 aromatic rings. The van der Waals surface area contributed by atoms with Gasteiger partial charge in [0.2, 0.25) is 0 Å². The summed E-state index contributed by atoms with van der Waals surface area (Å²) in [7, 11) is 1.67. The first kappa shape index (κ1) is 15.3. The number of nitrogens with two attached hydrogens (primary N) is 1. The molecule has 0 amide bonds. The molecule has 3 nitrogen and oxygen atoms in total. The molecule has 0 aromatic heterocycles. The van der Waals surface area contributed by atoms with Crippen molar-refractivity contribution in [2.45, 2.75) is 57.1 Å². The highest BCUT2D eigenvalue weighted by atomic mass is 16.5. The summed E-state index contributed by atoms with van der Waals surface area (Å²) in [6.07, 6.45) is 4.02. The van der Waals surface area contributed by atoms with Gasteiger partial charge in [-0.3, -0.25) is 0 Å². The van der Waals surface area contributed by atoms with Gasteiger partial charge in [-0.1, -0.05) is 25.0 Å². The Morgan fingerprint density at radius 2 is 1.80 bits per heavy atom. The second-order valence-corrected chi connectivity index (χ2v) is 6.59. The number of benzene rings is 1. The van der Waals surface area contributed by atoms with Crippen LogP contribution in [0.3, 0.4) is 0 Å². The number of ether oxygens (including phenoxy) is 1. The monoisotopic (exact) mass is 277 g/mol. The maximum absolute atomic E-state index is 10.4. The standard InChI is InChI=1S/C17H27NO2/c1-17(2,18)16(14-6-4-5-7-15(14)19)12-8-10-13(20-3)11-9-12/h8-11,14-16,19H,4-7,18H2,1-3H3. The second kappa shape index (κ2) is 6.15. The molecule has 1 aromatic carbocycles. The van der Waals surface area contributed by atoms with Gasteiger partial charge < -0.3 is 15.6 Å². The van der Waals surface area contributed by atoms with E-state index >= 15 is 0 Å². The first-order chi connectivity index (χ1) is 9.43. The SMILES string of the molecule is COc1ccc(C(C2CCCCC2O)C(C)(C)N)cc1. The van der Waals surface area contributed by atoms with E-state index in [1.165, 1.54) is 12.0 Å². The van der Waals surface area contributed by atoms with Crippen LogP contribution in [0.5, 0.6) is 5.75 Å². The molecular weight excluding hydrogens is 250 g/mol. The maximum Gasteiger partial charge on any atom is 0.118 e. The lowest BCUT2D eigenvalue weighted by Gasteiger charge is -2.41. The van der Waals surface area contributed by atoms with Gasteiger partial charge in [-0.15, -0.1) is 0 Å². The third-order valence-corrected chi connectivity index (χ3v) is 4.49. The van der Waals surface area contributed by atoms with E-state index in [-0.39, 0.29) is 23.5 Å². The van der Waals surface area contributed by atoms with Crippen molar-refractivity contribution in [2.24, 2.45) is 11.7 Å². The largest absolute Gasteiger partial charge is 0.497 e. The van der Waals surface area contributed by atoms with Crippen LogP contribution in [-0.2, 0) is 0 Å². The lowest BCUT2D eigenvalue weighted by Crippen LogP contribution is -2.46. The van der Waals surface area contributed by atoms with E-state index in [1.807, 2.05) is 12.1 Å². The van der Waals surface area contributed by atoms with Crippen molar-refractivity contribution in [1.82, 2.24) is 0 Å². The summed E-state index contributed by atoms with van der Waals surface area (Å²) >= 11 is 0. The molecule has 1 aliphatic rings. The summed E-state index contributed by atoms with van der Waals surface area (Å²) in [4.78, 5) is 0. The molecule has 0 spiro atoms. The fourth-order valence-electron chi connectivity index (χ4n) is 3.57. The number of methoxy groups -OCH3 is 1. The number of hydrogen-bond donors (Lipinski definition) is 2. The maximum atomic E-state index is 10.4. The first-order valence-electron chi connectivity index (χ1n) is 7.54. The van der Waals surface area contributed by atoms with Crippen LogP contribution in [0.1, 0.15) is 51.0 Å². The normalized spacial score (nSPS) is 25.2. The average molecular weight is 277 g/mol. The minimum atomic E-state index is -0.350. The van der Waals surface area contributed by atoms with Gasteiger partial charge in [0.25, 0.3) is 0 Å². The highest BCUT2D eigenvalue weighted by Crippen LogP contribution is 2.41. The molecule has 3 N–H and O–H groups in total. The van der Waals surface area contributed by atoms with Crippen molar-refractivity contribution in [3.8, 4) is 5.75 Å². The quantitative estimate of drug-likeness (QED) is 0.889. The van der Waals surface area contributed by atoms with Gasteiger partial charge in [0.15, 0.2) is 0 Å². The summed E-state index contributed by atoms with van der Waals surface area (Å²) in [6.45, 7) is 4.12. The first-order valence-corrected chi connectivity index (χ1v) is 7.54. The Bertz CT molecular complexity index is 422. The topological polar surface area (TPSA) is 55.5 Å². The zero-order valence-electron chi connectivity index (χ0n) is 12.8. The van der Waals surface area contributed by atoms with E-state index < -0.39 is 0 Å². The Hall–Kier alpha value is -1.06. The van der Waals surface area contributed by atoms with E-state index in [4.69, 9.17) is 10.5 Å². The molecule has 0 radical (unpaired) electrons. The van der Waals surface area contributed by atoms with Gasteiger partial charge in [-0.05, 0) is 50.3 Å².